The van der Waals surface area contributed by atoms with Crippen molar-refractivity contribution in [2.45, 2.75) is 6.18 Å². The number of hydrogen-bond acceptors (Lipinski definition) is 6. The Morgan fingerprint density at radius 2 is 1.88 bits per heavy atom. The van der Waals surface area contributed by atoms with Crippen LogP contribution < -0.4 is 10.6 Å². The smallest absolute Gasteiger partial charge is 0.416 e. The monoisotopic (exact) mass is 450 g/mol. The van der Waals surface area contributed by atoms with E-state index in [4.69, 9.17) is 4.52 Å². The van der Waals surface area contributed by atoms with Crippen LogP contribution in [0.3, 0.4) is 0 Å². The predicted octanol–water partition coefficient (Wildman–Crippen LogP) is 4.11. The summed E-state index contributed by atoms with van der Waals surface area (Å²) in [6.07, 6.45) is -3.43. The molecule has 0 aliphatic heterocycles. The van der Waals surface area contributed by atoms with E-state index in [-0.39, 0.29) is 33.9 Å². The number of pyridine rings is 1. The maximum absolute atomic E-state index is 13.8. The number of carboxylic acid groups (broad SMARTS) is 1. The van der Waals surface area contributed by atoms with Crippen LogP contribution in [0.1, 0.15) is 15.9 Å². The number of aromatic amines is 1. The van der Waals surface area contributed by atoms with Gasteiger partial charge in [-0.05, 0) is 24.3 Å². The van der Waals surface area contributed by atoms with Gasteiger partial charge < -0.3 is 14.9 Å². The van der Waals surface area contributed by atoms with Gasteiger partial charge in [0.2, 0.25) is 5.88 Å². The number of amides is 2. The van der Waals surface area contributed by atoms with Crippen molar-refractivity contribution < 1.29 is 36.8 Å². The topological polar surface area (TPSA) is 146 Å². The Hall–Kier alpha value is -4.49. The molecule has 4 N–H and O–H groups in total. The standard InChI is InChI=1S/C18H10F4N6O4/c19-10-2-1-7(18(20,21)22)3-11(10)25-17(31)26-14-5-13(28-32-14)12-4-8(16(29)30)9-6-23-27-15(9)24-12/h1-6H,(H,29,30)(H,23,24,27)(H2,25,26,31). The van der Waals surface area contributed by atoms with Crippen molar-refractivity contribution in [1.29, 1.82) is 0 Å². The van der Waals surface area contributed by atoms with Crippen molar-refractivity contribution in [3.8, 4) is 11.4 Å². The number of alkyl halides is 3. The molecule has 4 aromatic rings. The largest absolute Gasteiger partial charge is 0.478 e. The molecule has 0 saturated carbocycles. The van der Waals surface area contributed by atoms with Crippen LogP contribution >= 0.6 is 0 Å². The first-order chi connectivity index (χ1) is 15.1. The normalized spacial score (nSPS) is 11.5. The number of nitrogens with zero attached hydrogens (tertiary/aromatic N) is 3. The summed E-state index contributed by atoms with van der Waals surface area (Å²) in [5.74, 6) is -2.57. The number of benzene rings is 1. The van der Waals surface area contributed by atoms with E-state index in [1.54, 1.807) is 0 Å². The van der Waals surface area contributed by atoms with Gasteiger partial charge in [-0.3, -0.25) is 10.4 Å². The molecular weight excluding hydrogens is 440 g/mol. The van der Waals surface area contributed by atoms with Crippen molar-refractivity contribution in [1.82, 2.24) is 20.3 Å². The first kappa shape index (κ1) is 20.8. The fourth-order valence-corrected chi connectivity index (χ4v) is 2.75. The van der Waals surface area contributed by atoms with E-state index in [1.807, 2.05) is 5.32 Å². The SMILES string of the molecule is O=C(Nc1cc(-c2cc(C(=O)O)c3cn[nH]c3n2)no1)Nc1cc(C(F)(F)F)ccc1F. The van der Waals surface area contributed by atoms with E-state index < -0.39 is 35.2 Å². The molecule has 0 atom stereocenters. The lowest BCUT2D eigenvalue weighted by atomic mass is 10.1. The third-order valence-corrected chi connectivity index (χ3v) is 4.20. The zero-order chi connectivity index (χ0) is 23.0. The van der Waals surface area contributed by atoms with Gasteiger partial charge in [0.25, 0.3) is 0 Å². The molecule has 0 fully saturated rings. The van der Waals surface area contributed by atoms with Gasteiger partial charge in [-0.1, -0.05) is 5.16 Å². The van der Waals surface area contributed by atoms with Crippen molar-refractivity contribution in [2.75, 3.05) is 10.6 Å². The third kappa shape index (κ3) is 4.05. The molecule has 0 aliphatic rings. The first-order valence-electron chi connectivity index (χ1n) is 8.61. The average Bonchev–Trinajstić information content (AvgIpc) is 3.37. The van der Waals surface area contributed by atoms with Crippen molar-refractivity contribution in [3.05, 3.63) is 53.5 Å². The third-order valence-electron chi connectivity index (χ3n) is 4.20. The summed E-state index contributed by atoms with van der Waals surface area (Å²) < 4.78 is 57.0. The molecule has 0 bridgehead atoms. The summed E-state index contributed by atoms with van der Waals surface area (Å²) in [4.78, 5) is 27.7. The Morgan fingerprint density at radius 3 is 2.59 bits per heavy atom. The van der Waals surface area contributed by atoms with E-state index in [2.05, 4.69) is 25.7 Å². The lowest BCUT2D eigenvalue weighted by molar-refractivity contribution is -0.137. The lowest BCUT2D eigenvalue weighted by Gasteiger charge is -2.10. The number of hydrogen-bond donors (Lipinski definition) is 4. The number of fused-ring (bicyclic) bond motifs is 1. The number of nitrogens with one attached hydrogen (secondary N) is 3. The fraction of sp³-hybridized carbons (Fsp3) is 0.0556. The van der Waals surface area contributed by atoms with Gasteiger partial charge in [0, 0.05) is 6.07 Å². The molecule has 0 aliphatic carbocycles. The number of carbonyl (C=O) groups excluding carboxylic acids is 1. The molecule has 0 saturated heterocycles. The summed E-state index contributed by atoms with van der Waals surface area (Å²) >= 11 is 0. The highest BCUT2D eigenvalue weighted by atomic mass is 19.4. The second-order valence-corrected chi connectivity index (χ2v) is 6.34. The van der Waals surface area contributed by atoms with Crippen LogP contribution in [-0.2, 0) is 6.18 Å². The van der Waals surface area contributed by atoms with Crippen LogP contribution in [0.4, 0.5) is 33.9 Å². The number of anilines is 2. The highest BCUT2D eigenvalue weighted by Crippen LogP contribution is 2.32. The number of halogens is 4. The molecule has 14 heteroatoms. The van der Waals surface area contributed by atoms with E-state index in [0.29, 0.717) is 18.2 Å². The highest BCUT2D eigenvalue weighted by Gasteiger charge is 2.31. The molecule has 164 valence electrons. The molecule has 10 nitrogen and oxygen atoms in total. The molecule has 4 rings (SSSR count). The van der Waals surface area contributed by atoms with Gasteiger partial charge in [0.15, 0.2) is 5.65 Å². The van der Waals surface area contributed by atoms with Crippen LogP contribution in [0.25, 0.3) is 22.4 Å². The van der Waals surface area contributed by atoms with Crippen LogP contribution in [0.5, 0.6) is 0 Å². The molecular formula is C18H10F4N6O4. The second-order valence-electron chi connectivity index (χ2n) is 6.34. The average molecular weight is 450 g/mol. The number of aromatic nitrogens is 4. The predicted molar refractivity (Wildman–Crippen MR) is 100 cm³/mol. The molecule has 32 heavy (non-hydrogen) atoms. The van der Waals surface area contributed by atoms with Crippen LogP contribution in [0.2, 0.25) is 0 Å². The van der Waals surface area contributed by atoms with E-state index in [9.17, 15) is 32.3 Å². The van der Waals surface area contributed by atoms with Gasteiger partial charge in [-0.25, -0.2) is 19.0 Å². The van der Waals surface area contributed by atoms with Crippen molar-refractivity contribution in [3.63, 3.8) is 0 Å². The summed E-state index contributed by atoms with van der Waals surface area (Å²) in [5, 5.41) is 23.6. The van der Waals surface area contributed by atoms with Crippen molar-refractivity contribution >= 4 is 34.6 Å². The zero-order valence-corrected chi connectivity index (χ0v) is 15.5. The number of aromatic carboxylic acids is 1. The Balaban J connectivity index is 1.54. The summed E-state index contributed by atoms with van der Waals surface area (Å²) in [6, 6.07) is 2.86. The first-order valence-corrected chi connectivity index (χ1v) is 8.61. The van der Waals surface area contributed by atoms with E-state index in [0.717, 1.165) is 0 Å². The van der Waals surface area contributed by atoms with Gasteiger partial charge >= 0.3 is 18.2 Å². The second kappa shape index (κ2) is 7.64. The molecule has 3 aromatic heterocycles. The van der Waals surface area contributed by atoms with Crippen LogP contribution in [-0.4, -0.2) is 37.4 Å². The fourth-order valence-electron chi connectivity index (χ4n) is 2.75. The van der Waals surface area contributed by atoms with Crippen LogP contribution in [0, 0.1) is 5.82 Å². The van der Waals surface area contributed by atoms with Gasteiger partial charge in [-0.15, -0.1) is 0 Å². The van der Waals surface area contributed by atoms with Gasteiger partial charge in [0.05, 0.1) is 34.1 Å². The molecule has 3 heterocycles. The lowest BCUT2D eigenvalue weighted by Crippen LogP contribution is -2.20. The van der Waals surface area contributed by atoms with E-state index >= 15 is 0 Å². The molecule has 0 unspecified atom stereocenters. The minimum atomic E-state index is -4.72. The van der Waals surface area contributed by atoms with E-state index in [1.165, 1.54) is 18.3 Å². The number of H-pyrrole nitrogens is 1. The maximum atomic E-state index is 13.8. The molecule has 0 radical (unpaired) electrons. The Bertz CT molecular complexity index is 1350. The minimum Gasteiger partial charge on any atom is -0.478 e. The van der Waals surface area contributed by atoms with Gasteiger partial charge in [0.1, 0.15) is 11.5 Å². The number of carbonyl (C=O) groups is 2. The highest BCUT2D eigenvalue weighted by molar-refractivity contribution is 6.02. The zero-order valence-electron chi connectivity index (χ0n) is 15.5. The Labute approximate surface area is 174 Å². The van der Waals surface area contributed by atoms with Crippen molar-refractivity contribution in [2.24, 2.45) is 0 Å². The number of rotatable bonds is 4. The molecule has 0 spiro atoms. The summed E-state index contributed by atoms with van der Waals surface area (Å²) in [7, 11) is 0. The number of urea groups is 1. The summed E-state index contributed by atoms with van der Waals surface area (Å²) in [5.41, 5.74) is -1.64. The summed E-state index contributed by atoms with van der Waals surface area (Å²) in [6.45, 7) is 0. The minimum absolute atomic E-state index is 0.0459. The molecule has 1 aromatic carbocycles. The van der Waals surface area contributed by atoms with Gasteiger partial charge in [-0.2, -0.15) is 18.3 Å². The Morgan fingerprint density at radius 1 is 1.09 bits per heavy atom. The quantitative estimate of drug-likeness (QED) is 0.342. The number of carboxylic acids is 1. The Kier molecular flexibility index (Phi) is 4.96. The van der Waals surface area contributed by atoms with Crippen LogP contribution in [0.15, 0.2) is 41.1 Å². The molecule has 2 amide bonds. The maximum Gasteiger partial charge on any atom is 0.416 e.